The Morgan fingerprint density at radius 3 is 2.93 bits per heavy atom. The zero-order chi connectivity index (χ0) is 10.1. The summed E-state index contributed by atoms with van der Waals surface area (Å²) in [5.41, 5.74) is 1.54. The van der Waals surface area contributed by atoms with E-state index in [-0.39, 0.29) is 5.02 Å². The van der Waals surface area contributed by atoms with E-state index >= 15 is 0 Å². The molecular weight excluding hydrogens is 223 g/mol. The lowest BCUT2D eigenvalue weighted by atomic mass is 10.2. The molecular formula is C9H6ClFN2S. The van der Waals surface area contributed by atoms with Crippen LogP contribution >= 0.6 is 23.1 Å². The van der Waals surface area contributed by atoms with Crippen LogP contribution in [-0.4, -0.2) is 9.36 Å². The van der Waals surface area contributed by atoms with Gasteiger partial charge in [-0.2, -0.15) is 8.76 Å². The minimum atomic E-state index is -0.643. The molecule has 0 saturated carbocycles. The monoisotopic (exact) mass is 228 g/mol. The van der Waals surface area contributed by atoms with Gasteiger partial charge in [-0.3, -0.25) is 0 Å². The molecule has 0 N–H and O–H groups in total. The third kappa shape index (κ3) is 1.63. The Kier molecular flexibility index (Phi) is 2.48. The molecule has 5 heteroatoms. The van der Waals surface area contributed by atoms with Gasteiger partial charge in [-0.25, -0.2) is 4.98 Å². The smallest absolute Gasteiger partial charge is 0.227 e. The van der Waals surface area contributed by atoms with Crippen LogP contribution in [0.25, 0.3) is 10.4 Å². The standard InChI is InChI=1S/C9H6ClFN2S/c1-5-4-7(14-13-5)6-2-3-12-9(11)8(6)10/h2-4H,1H3. The zero-order valence-corrected chi connectivity index (χ0v) is 8.86. The first-order chi connectivity index (χ1) is 6.68. The predicted octanol–water partition coefficient (Wildman–Crippen LogP) is 3.31. The second kappa shape index (κ2) is 3.63. The van der Waals surface area contributed by atoms with Crippen molar-refractivity contribution in [1.82, 2.24) is 9.36 Å². The molecule has 2 aromatic rings. The molecule has 2 rings (SSSR count). The third-order valence-corrected chi connectivity index (χ3v) is 3.01. The van der Waals surface area contributed by atoms with Crippen molar-refractivity contribution in [2.75, 3.05) is 0 Å². The molecule has 0 aliphatic rings. The normalized spacial score (nSPS) is 10.5. The average Bonchev–Trinajstić information content (AvgIpc) is 2.57. The lowest BCUT2D eigenvalue weighted by Crippen LogP contribution is -1.85. The minimum Gasteiger partial charge on any atom is -0.227 e. The van der Waals surface area contributed by atoms with E-state index in [4.69, 9.17) is 11.6 Å². The number of hydrogen-bond donors (Lipinski definition) is 0. The van der Waals surface area contributed by atoms with Crippen LogP contribution in [0.15, 0.2) is 18.3 Å². The van der Waals surface area contributed by atoms with E-state index in [0.717, 1.165) is 10.6 Å². The van der Waals surface area contributed by atoms with Gasteiger partial charge in [0.2, 0.25) is 5.95 Å². The van der Waals surface area contributed by atoms with E-state index in [0.29, 0.717) is 5.56 Å². The minimum absolute atomic E-state index is 0.0520. The Hall–Kier alpha value is -1.00. The van der Waals surface area contributed by atoms with E-state index in [2.05, 4.69) is 9.36 Å². The summed E-state index contributed by atoms with van der Waals surface area (Å²) in [4.78, 5) is 4.31. The Balaban J connectivity index is 2.57. The van der Waals surface area contributed by atoms with Gasteiger partial charge < -0.3 is 0 Å². The summed E-state index contributed by atoms with van der Waals surface area (Å²) in [6.07, 6.45) is 1.39. The van der Waals surface area contributed by atoms with Crippen LogP contribution in [-0.2, 0) is 0 Å². The van der Waals surface area contributed by atoms with Crippen LogP contribution in [0.3, 0.4) is 0 Å². The van der Waals surface area contributed by atoms with Gasteiger partial charge in [-0.1, -0.05) is 11.6 Å². The van der Waals surface area contributed by atoms with Crippen molar-refractivity contribution in [2.45, 2.75) is 6.92 Å². The number of aromatic nitrogens is 2. The number of hydrogen-bond acceptors (Lipinski definition) is 3. The van der Waals surface area contributed by atoms with Gasteiger partial charge in [-0.15, -0.1) is 0 Å². The highest BCUT2D eigenvalue weighted by Crippen LogP contribution is 2.31. The molecule has 2 heterocycles. The van der Waals surface area contributed by atoms with Gasteiger partial charge in [0.15, 0.2) is 0 Å². The maximum Gasteiger partial charge on any atom is 0.232 e. The first kappa shape index (κ1) is 9.55. The van der Waals surface area contributed by atoms with Crippen molar-refractivity contribution in [3.63, 3.8) is 0 Å². The van der Waals surface area contributed by atoms with Crippen LogP contribution in [0.2, 0.25) is 5.02 Å². The summed E-state index contributed by atoms with van der Waals surface area (Å²) in [5.74, 6) is -0.643. The highest BCUT2D eigenvalue weighted by Gasteiger charge is 2.10. The predicted molar refractivity (Wildman–Crippen MR) is 55.1 cm³/mol. The van der Waals surface area contributed by atoms with Crippen molar-refractivity contribution >= 4 is 23.1 Å². The van der Waals surface area contributed by atoms with E-state index < -0.39 is 5.95 Å². The average molecular weight is 229 g/mol. The highest BCUT2D eigenvalue weighted by molar-refractivity contribution is 7.09. The fraction of sp³-hybridized carbons (Fsp3) is 0.111. The number of nitrogens with zero attached hydrogens (tertiary/aromatic N) is 2. The molecule has 2 aromatic heterocycles. The second-order valence-electron chi connectivity index (χ2n) is 2.80. The van der Waals surface area contributed by atoms with Crippen LogP contribution in [0.4, 0.5) is 4.39 Å². The van der Waals surface area contributed by atoms with Crippen LogP contribution in [0.1, 0.15) is 5.69 Å². The molecule has 0 aliphatic carbocycles. The molecule has 0 aromatic carbocycles. The number of aryl methyl sites for hydroxylation is 1. The fourth-order valence-electron chi connectivity index (χ4n) is 1.10. The second-order valence-corrected chi connectivity index (χ2v) is 3.98. The van der Waals surface area contributed by atoms with Gasteiger partial charge in [-0.05, 0) is 30.6 Å². The summed E-state index contributed by atoms with van der Waals surface area (Å²) in [6.45, 7) is 1.88. The molecule has 2 nitrogen and oxygen atoms in total. The molecule has 0 bridgehead atoms. The molecule has 0 amide bonds. The van der Waals surface area contributed by atoms with E-state index in [1.54, 1.807) is 6.07 Å². The Bertz CT molecular complexity index is 470. The molecule has 0 spiro atoms. The fourth-order valence-corrected chi connectivity index (χ4v) is 2.16. The Morgan fingerprint density at radius 1 is 1.50 bits per heavy atom. The summed E-state index contributed by atoms with van der Waals surface area (Å²) in [5, 5.41) is 0.0520. The first-order valence-corrected chi connectivity index (χ1v) is 5.07. The van der Waals surface area contributed by atoms with Gasteiger partial charge in [0.25, 0.3) is 0 Å². The number of pyridine rings is 1. The van der Waals surface area contributed by atoms with Crippen LogP contribution < -0.4 is 0 Å². The van der Waals surface area contributed by atoms with Crippen molar-refractivity contribution in [3.05, 3.63) is 35.0 Å². The molecule has 0 aliphatic heterocycles. The lowest BCUT2D eigenvalue weighted by molar-refractivity contribution is 0.585. The SMILES string of the molecule is Cc1cc(-c2ccnc(F)c2Cl)sn1. The largest absolute Gasteiger partial charge is 0.232 e. The highest BCUT2D eigenvalue weighted by atomic mass is 35.5. The molecule has 72 valence electrons. The molecule has 0 fully saturated rings. The van der Waals surface area contributed by atoms with Gasteiger partial charge in [0.05, 0.1) is 10.6 Å². The van der Waals surface area contributed by atoms with Crippen molar-refractivity contribution in [1.29, 1.82) is 0 Å². The number of halogens is 2. The first-order valence-electron chi connectivity index (χ1n) is 3.92. The topological polar surface area (TPSA) is 25.8 Å². The zero-order valence-electron chi connectivity index (χ0n) is 7.29. The summed E-state index contributed by atoms with van der Waals surface area (Å²) in [7, 11) is 0. The molecule has 0 unspecified atom stereocenters. The quantitative estimate of drug-likeness (QED) is 0.700. The van der Waals surface area contributed by atoms with Crippen LogP contribution in [0.5, 0.6) is 0 Å². The summed E-state index contributed by atoms with van der Waals surface area (Å²) >= 11 is 7.08. The number of rotatable bonds is 1. The van der Waals surface area contributed by atoms with Crippen LogP contribution in [0, 0.1) is 12.9 Å². The molecule has 0 saturated heterocycles. The Morgan fingerprint density at radius 2 is 2.29 bits per heavy atom. The van der Waals surface area contributed by atoms with Crippen molar-refractivity contribution < 1.29 is 4.39 Å². The van der Waals surface area contributed by atoms with E-state index in [1.165, 1.54) is 17.7 Å². The Labute approximate surface area is 89.5 Å². The van der Waals surface area contributed by atoms with E-state index in [9.17, 15) is 4.39 Å². The molecule has 14 heavy (non-hydrogen) atoms. The lowest BCUT2D eigenvalue weighted by Gasteiger charge is -1.99. The third-order valence-electron chi connectivity index (χ3n) is 1.74. The van der Waals surface area contributed by atoms with Gasteiger partial charge >= 0.3 is 0 Å². The molecule has 0 atom stereocenters. The molecule has 0 radical (unpaired) electrons. The van der Waals surface area contributed by atoms with Gasteiger partial charge in [0, 0.05) is 11.8 Å². The van der Waals surface area contributed by atoms with Gasteiger partial charge in [0.1, 0.15) is 5.02 Å². The maximum atomic E-state index is 13.0. The maximum absolute atomic E-state index is 13.0. The van der Waals surface area contributed by atoms with E-state index in [1.807, 2.05) is 13.0 Å². The van der Waals surface area contributed by atoms with Crippen molar-refractivity contribution in [3.8, 4) is 10.4 Å². The summed E-state index contributed by atoms with van der Waals surface area (Å²) < 4.78 is 17.1. The summed E-state index contributed by atoms with van der Waals surface area (Å²) in [6, 6.07) is 3.55. The van der Waals surface area contributed by atoms with Crippen molar-refractivity contribution in [2.24, 2.45) is 0 Å².